The molecule has 0 saturated heterocycles. The second-order valence-corrected chi connectivity index (χ2v) is 8.30. The van der Waals surface area contributed by atoms with Crippen molar-refractivity contribution in [3.8, 4) is 11.5 Å². The van der Waals surface area contributed by atoms with Crippen LogP contribution in [0.3, 0.4) is 0 Å². The van der Waals surface area contributed by atoms with Crippen molar-refractivity contribution < 1.29 is 33.0 Å². The Balaban J connectivity index is 1.41. The summed E-state index contributed by atoms with van der Waals surface area (Å²) in [6, 6.07) is 18.8. The first-order chi connectivity index (χ1) is 17.6. The predicted molar refractivity (Wildman–Crippen MR) is 130 cm³/mol. The number of nitrogens with zero attached hydrogens (tertiary/aromatic N) is 2. The first-order valence-electron chi connectivity index (χ1n) is 11.7. The van der Waals surface area contributed by atoms with E-state index in [1.807, 2.05) is 54.6 Å². The van der Waals surface area contributed by atoms with Gasteiger partial charge < -0.3 is 33.2 Å². The zero-order chi connectivity index (χ0) is 25.2. The highest BCUT2D eigenvalue weighted by Gasteiger charge is 2.23. The first-order valence-corrected chi connectivity index (χ1v) is 11.7. The van der Waals surface area contributed by atoms with Gasteiger partial charge in [0.05, 0.1) is 32.6 Å². The lowest BCUT2D eigenvalue weighted by Crippen LogP contribution is -2.45. The molecule has 0 fully saturated rings. The molecule has 0 spiro atoms. The normalized spacial score (nSPS) is 11.9. The average Bonchev–Trinajstić information content (AvgIpc) is 3.58. The molecule has 0 bridgehead atoms. The fraction of sp³-hybridized carbons (Fsp3) is 0.333. The molecule has 0 radical (unpaired) electrons. The van der Waals surface area contributed by atoms with Gasteiger partial charge in [-0.05, 0) is 35.4 Å². The molecule has 2 heterocycles. The Hall–Kier alpha value is -3.82. The summed E-state index contributed by atoms with van der Waals surface area (Å²) < 4.78 is 27.1. The zero-order valence-electron chi connectivity index (χ0n) is 20.3. The van der Waals surface area contributed by atoms with Crippen LogP contribution in [0.25, 0.3) is 0 Å². The van der Waals surface area contributed by atoms with E-state index in [1.165, 1.54) is 4.90 Å². The Morgan fingerprint density at radius 2 is 1.72 bits per heavy atom. The van der Waals surface area contributed by atoms with E-state index in [0.29, 0.717) is 37.0 Å². The molecular formula is C27H30N2O7. The van der Waals surface area contributed by atoms with Crippen molar-refractivity contribution in [3.63, 3.8) is 0 Å². The number of methoxy groups -OCH3 is 1. The monoisotopic (exact) mass is 494 g/mol. The van der Waals surface area contributed by atoms with Gasteiger partial charge in [-0.2, -0.15) is 0 Å². The highest BCUT2D eigenvalue weighted by Crippen LogP contribution is 2.33. The Labute approximate surface area is 210 Å². The van der Waals surface area contributed by atoms with Crippen molar-refractivity contribution in [1.82, 2.24) is 9.80 Å². The average molecular weight is 495 g/mol. The van der Waals surface area contributed by atoms with Crippen LogP contribution in [0.4, 0.5) is 0 Å². The van der Waals surface area contributed by atoms with Crippen LogP contribution >= 0.6 is 0 Å². The fourth-order valence-electron chi connectivity index (χ4n) is 3.76. The van der Waals surface area contributed by atoms with E-state index < -0.39 is 0 Å². The van der Waals surface area contributed by atoms with Gasteiger partial charge in [-0.3, -0.25) is 9.59 Å². The van der Waals surface area contributed by atoms with E-state index >= 15 is 0 Å². The third-order valence-corrected chi connectivity index (χ3v) is 5.67. The van der Waals surface area contributed by atoms with Crippen LogP contribution in [0.15, 0.2) is 71.3 Å². The molecule has 2 aromatic carbocycles. The predicted octanol–water partition coefficient (Wildman–Crippen LogP) is 3.23. The molecule has 2 amide bonds. The van der Waals surface area contributed by atoms with Crippen LogP contribution in [-0.4, -0.2) is 61.8 Å². The van der Waals surface area contributed by atoms with E-state index in [-0.39, 0.29) is 44.8 Å². The number of hydrogen-bond donors (Lipinski definition) is 0. The number of amides is 2. The van der Waals surface area contributed by atoms with Gasteiger partial charge in [0.1, 0.15) is 12.4 Å². The smallest absolute Gasteiger partial charge is 0.249 e. The number of carbonyl (C=O) groups excluding carboxylic acids is 2. The molecule has 3 aromatic rings. The van der Waals surface area contributed by atoms with E-state index in [4.69, 9.17) is 23.4 Å². The summed E-state index contributed by atoms with van der Waals surface area (Å²) >= 11 is 0. The van der Waals surface area contributed by atoms with Crippen molar-refractivity contribution in [2.45, 2.75) is 19.7 Å². The van der Waals surface area contributed by atoms with Crippen LogP contribution in [0.1, 0.15) is 16.9 Å². The topological polar surface area (TPSA) is 90.7 Å². The number of ether oxygens (including phenoxy) is 4. The molecule has 9 nitrogen and oxygen atoms in total. The lowest BCUT2D eigenvalue weighted by molar-refractivity contribution is -0.144. The second kappa shape index (κ2) is 12.8. The van der Waals surface area contributed by atoms with Gasteiger partial charge in [0.15, 0.2) is 11.5 Å². The lowest BCUT2D eigenvalue weighted by Gasteiger charge is -2.27. The number of rotatable bonds is 13. The van der Waals surface area contributed by atoms with Crippen molar-refractivity contribution in [2.24, 2.45) is 0 Å². The molecule has 1 aliphatic heterocycles. The summed E-state index contributed by atoms with van der Waals surface area (Å²) in [5.41, 5.74) is 1.85. The third kappa shape index (κ3) is 7.10. The molecule has 1 aromatic heterocycles. The molecule has 1 aliphatic rings. The van der Waals surface area contributed by atoms with Crippen LogP contribution in [0, 0.1) is 0 Å². The minimum Gasteiger partial charge on any atom is -0.467 e. The number of hydrogen-bond acceptors (Lipinski definition) is 7. The quantitative estimate of drug-likeness (QED) is 0.360. The zero-order valence-corrected chi connectivity index (χ0v) is 20.3. The van der Waals surface area contributed by atoms with E-state index in [0.717, 1.165) is 11.1 Å². The fourth-order valence-corrected chi connectivity index (χ4v) is 3.76. The summed E-state index contributed by atoms with van der Waals surface area (Å²) in [6.07, 6.45) is 1.57. The maximum absolute atomic E-state index is 13.4. The summed E-state index contributed by atoms with van der Waals surface area (Å²) in [5.74, 6) is 1.46. The van der Waals surface area contributed by atoms with Crippen molar-refractivity contribution in [3.05, 3.63) is 83.8 Å². The number of furan rings is 1. The van der Waals surface area contributed by atoms with Gasteiger partial charge in [0.25, 0.3) is 0 Å². The molecule has 0 unspecified atom stereocenters. The molecule has 4 rings (SSSR count). The van der Waals surface area contributed by atoms with Crippen LogP contribution < -0.4 is 9.47 Å². The van der Waals surface area contributed by atoms with E-state index in [9.17, 15) is 9.59 Å². The lowest BCUT2D eigenvalue weighted by atomic mass is 10.2. The molecule has 190 valence electrons. The SMILES string of the molecule is COCCN(CC(=O)N(Cc1ccc2c(c1)OCO2)Cc1ccco1)C(=O)COCc1ccccc1. The summed E-state index contributed by atoms with van der Waals surface area (Å²) in [7, 11) is 1.55. The molecule has 0 atom stereocenters. The van der Waals surface area contributed by atoms with Crippen LogP contribution in [0.2, 0.25) is 0 Å². The van der Waals surface area contributed by atoms with Gasteiger partial charge in [-0.15, -0.1) is 0 Å². The highest BCUT2D eigenvalue weighted by atomic mass is 16.7. The standard InChI is InChI=1S/C27H30N2O7/c1-32-13-11-28(27(31)19-33-18-21-6-3-2-4-7-21)17-26(30)29(16-23-8-5-12-34-23)15-22-9-10-24-25(14-22)36-20-35-24/h2-10,12,14H,11,13,15-20H2,1H3. The molecule has 9 heteroatoms. The minimum atomic E-state index is -0.280. The van der Waals surface area contributed by atoms with Crippen molar-refractivity contribution in [1.29, 1.82) is 0 Å². The summed E-state index contributed by atoms with van der Waals surface area (Å²) in [6.45, 7) is 1.40. The number of benzene rings is 2. The number of carbonyl (C=O) groups is 2. The Morgan fingerprint density at radius 3 is 2.50 bits per heavy atom. The van der Waals surface area contributed by atoms with Gasteiger partial charge in [0.2, 0.25) is 18.6 Å². The second-order valence-electron chi connectivity index (χ2n) is 8.30. The van der Waals surface area contributed by atoms with Gasteiger partial charge >= 0.3 is 0 Å². The largest absolute Gasteiger partial charge is 0.467 e. The third-order valence-electron chi connectivity index (χ3n) is 5.67. The van der Waals surface area contributed by atoms with Gasteiger partial charge in [-0.1, -0.05) is 36.4 Å². The van der Waals surface area contributed by atoms with Crippen LogP contribution in [-0.2, 0) is 38.8 Å². The molecule has 0 saturated carbocycles. The maximum Gasteiger partial charge on any atom is 0.249 e. The van der Waals surface area contributed by atoms with Gasteiger partial charge in [-0.25, -0.2) is 0 Å². The highest BCUT2D eigenvalue weighted by molar-refractivity contribution is 5.85. The van der Waals surface area contributed by atoms with Crippen LogP contribution in [0.5, 0.6) is 11.5 Å². The van der Waals surface area contributed by atoms with E-state index in [2.05, 4.69) is 0 Å². The Kier molecular flexibility index (Phi) is 8.96. The Morgan fingerprint density at radius 1 is 0.889 bits per heavy atom. The van der Waals surface area contributed by atoms with E-state index in [1.54, 1.807) is 24.3 Å². The summed E-state index contributed by atoms with van der Waals surface area (Å²) in [5, 5.41) is 0. The number of fused-ring (bicyclic) bond motifs is 1. The van der Waals surface area contributed by atoms with Crippen molar-refractivity contribution in [2.75, 3.05) is 40.2 Å². The van der Waals surface area contributed by atoms with Gasteiger partial charge in [0, 0.05) is 20.2 Å². The molecule has 0 aliphatic carbocycles. The minimum absolute atomic E-state index is 0.109. The molecular weight excluding hydrogens is 464 g/mol. The maximum atomic E-state index is 13.4. The first kappa shape index (κ1) is 25.3. The summed E-state index contributed by atoms with van der Waals surface area (Å²) in [4.78, 5) is 29.5. The van der Waals surface area contributed by atoms with Crippen molar-refractivity contribution >= 4 is 11.8 Å². The molecule has 0 N–H and O–H groups in total. The molecule has 36 heavy (non-hydrogen) atoms. The Bertz CT molecular complexity index is 1120.